The maximum Gasteiger partial charge on any atom is 0.240 e. The van der Waals surface area contributed by atoms with Crippen molar-refractivity contribution in [3.8, 4) is 0 Å². The molecule has 0 aliphatic rings. The summed E-state index contributed by atoms with van der Waals surface area (Å²) in [5.74, 6) is -0.0284. The first-order valence-electron chi connectivity index (χ1n) is 8.82. The minimum atomic E-state index is -3.43. The monoisotopic (exact) mass is 389 g/mol. The molecule has 0 aromatic heterocycles. The van der Waals surface area contributed by atoms with Crippen molar-refractivity contribution in [1.82, 2.24) is 14.9 Å². The van der Waals surface area contributed by atoms with Gasteiger partial charge in [-0.1, -0.05) is 36.4 Å². The third-order valence-electron chi connectivity index (χ3n) is 4.15. The molecule has 0 bridgehead atoms. The number of benzene rings is 2. The second-order valence-electron chi connectivity index (χ2n) is 6.68. The van der Waals surface area contributed by atoms with E-state index < -0.39 is 10.0 Å². The first kappa shape index (κ1) is 21.1. The fourth-order valence-electron chi connectivity index (χ4n) is 2.63. The Hall–Kier alpha value is -2.22. The molecule has 146 valence electrons. The smallest absolute Gasteiger partial charge is 0.240 e. The standard InChI is InChI=1S/C20H27N3O3S/c1-21-27(25,26)19-11-8-16(9-12-19)10-13-20(24)22-14-17-4-6-18(7-5-17)15-23(2)3/h4-9,11-12,21H,10,13-15H2,1-3H3,(H,22,24). The zero-order chi connectivity index (χ0) is 19.9. The van der Waals surface area contributed by atoms with E-state index in [1.54, 1.807) is 24.3 Å². The van der Waals surface area contributed by atoms with Gasteiger partial charge < -0.3 is 10.2 Å². The van der Waals surface area contributed by atoms with Gasteiger partial charge in [-0.2, -0.15) is 0 Å². The summed E-state index contributed by atoms with van der Waals surface area (Å²) in [7, 11) is 2.01. The number of nitrogens with one attached hydrogen (secondary N) is 2. The molecule has 0 fully saturated rings. The van der Waals surface area contributed by atoms with Gasteiger partial charge in [-0.25, -0.2) is 13.1 Å². The first-order chi connectivity index (χ1) is 12.8. The number of hydrogen-bond acceptors (Lipinski definition) is 4. The number of amides is 1. The third kappa shape index (κ3) is 6.78. The molecule has 2 N–H and O–H groups in total. The highest BCUT2D eigenvalue weighted by atomic mass is 32.2. The Morgan fingerprint density at radius 3 is 2.04 bits per heavy atom. The lowest BCUT2D eigenvalue weighted by atomic mass is 10.1. The normalized spacial score (nSPS) is 11.6. The van der Waals surface area contributed by atoms with Gasteiger partial charge in [0.05, 0.1) is 4.90 Å². The van der Waals surface area contributed by atoms with E-state index in [1.807, 2.05) is 26.2 Å². The van der Waals surface area contributed by atoms with Crippen LogP contribution in [0.3, 0.4) is 0 Å². The summed E-state index contributed by atoms with van der Waals surface area (Å²) in [6.45, 7) is 1.39. The topological polar surface area (TPSA) is 78.5 Å². The minimum absolute atomic E-state index is 0.0284. The molecule has 0 atom stereocenters. The summed E-state index contributed by atoms with van der Waals surface area (Å²) in [6, 6.07) is 14.8. The highest BCUT2D eigenvalue weighted by Gasteiger charge is 2.10. The predicted octanol–water partition coefficient (Wildman–Crippen LogP) is 1.91. The molecule has 0 heterocycles. The lowest BCUT2D eigenvalue weighted by molar-refractivity contribution is -0.121. The van der Waals surface area contributed by atoms with Crippen LogP contribution in [0.15, 0.2) is 53.4 Å². The number of rotatable bonds is 9. The Morgan fingerprint density at radius 2 is 1.48 bits per heavy atom. The number of carbonyl (C=O) groups is 1. The Balaban J connectivity index is 1.79. The first-order valence-corrected chi connectivity index (χ1v) is 10.3. The number of nitrogens with zero attached hydrogens (tertiary/aromatic N) is 1. The Kier molecular flexibility index (Phi) is 7.53. The van der Waals surface area contributed by atoms with Crippen LogP contribution in [-0.4, -0.2) is 40.4 Å². The van der Waals surface area contributed by atoms with Crippen molar-refractivity contribution < 1.29 is 13.2 Å². The number of sulfonamides is 1. The molecule has 6 nitrogen and oxygen atoms in total. The maximum atomic E-state index is 12.1. The molecule has 1 amide bonds. The summed E-state index contributed by atoms with van der Waals surface area (Å²) in [5, 5.41) is 2.92. The van der Waals surface area contributed by atoms with Gasteiger partial charge in [0.1, 0.15) is 0 Å². The molecule has 27 heavy (non-hydrogen) atoms. The molecule has 7 heteroatoms. The third-order valence-corrected chi connectivity index (χ3v) is 5.58. The maximum absolute atomic E-state index is 12.1. The average molecular weight is 390 g/mol. The van der Waals surface area contributed by atoms with Crippen LogP contribution >= 0.6 is 0 Å². The zero-order valence-electron chi connectivity index (χ0n) is 16.0. The SMILES string of the molecule is CNS(=O)(=O)c1ccc(CCC(=O)NCc2ccc(CN(C)C)cc2)cc1. The van der Waals surface area contributed by atoms with Crippen molar-refractivity contribution in [3.63, 3.8) is 0 Å². The molecule has 0 aliphatic heterocycles. The van der Waals surface area contributed by atoms with Gasteiger partial charge >= 0.3 is 0 Å². The Labute approximate surface area is 161 Å². The van der Waals surface area contributed by atoms with Crippen LogP contribution in [0.1, 0.15) is 23.1 Å². The van der Waals surface area contributed by atoms with Gasteiger partial charge in [0.25, 0.3) is 0 Å². The van der Waals surface area contributed by atoms with Crippen molar-refractivity contribution in [2.75, 3.05) is 21.1 Å². The molecule has 0 saturated heterocycles. The highest BCUT2D eigenvalue weighted by Crippen LogP contribution is 2.11. The summed E-state index contributed by atoms with van der Waals surface area (Å²) in [5.41, 5.74) is 3.22. The van der Waals surface area contributed by atoms with E-state index in [4.69, 9.17) is 0 Å². The van der Waals surface area contributed by atoms with E-state index in [0.717, 1.165) is 17.7 Å². The molecule has 0 aliphatic carbocycles. The molecule has 0 spiro atoms. The summed E-state index contributed by atoms with van der Waals surface area (Å²) in [6.07, 6.45) is 0.921. The molecule has 2 aromatic rings. The molecule has 2 aromatic carbocycles. The van der Waals surface area contributed by atoms with Gasteiger partial charge in [0.15, 0.2) is 0 Å². The van der Waals surface area contributed by atoms with Crippen LogP contribution in [0.5, 0.6) is 0 Å². The minimum Gasteiger partial charge on any atom is -0.352 e. The van der Waals surface area contributed by atoms with Gasteiger partial charge in [0.2, 0.25) is 15.9 Å². The van der Waals surface area contributed by atoms with Gasteiger partial charge in [-0.15, -0.1) is 0 Å². The van der Waals surface area contributed by atoms with Crippen LogP contribution in [0, 0.1) is 0 Å². The zero-order valence-corrected chi connectivity index (χ0v) is 16.8. The molecular formula is C20H27N3O3S. The van der Waals surface area contributed by atoms with Crippen LogP contribution in [0.2, 0.25) is 0 Å². The summed E-state index contributed by atoms with van der Waals surface area (Å²) in [4.78, 5) is 14.4. The van der Waals surface area contributed by atoms with E-state index >= 15 is 0 Å². The van der Waals surface area contributed by atoms with Gasteiger partial charge in [-0.05, 0) is 56.4 Å². The van der Waals surface area contributed by atoms with Crippen LogP contribution in [0.25, 0.3) is 0 Å². The Morgan fingerprint density at radius 1 is 0.926 bits per heavy atom. The van der Waals surface area contributed by atoms with Crippen molar-refractivity contribution in [2.45, 2.75) is 30.8 Å². The van der Waals surface area contributed by atoms with Gasteiger partial charge in [-0.3, -0.25) is 4.79 Å². The van der Waals surface area contributed by atoms with Crippen LogP contribution < -0.4 is 10.0 Å². The number of carbonyl (C=O) groups excluding carboxylic acids is 1. The van der Waals surface area contributed by atoms with E-state index in [2.05, 4.69) is 27.1 Å². The lowest BCUT2D eigenvalue weighted by Crippen LogP contribution is -2.23. The molecule has 0 saturated carbocycles. The molecule has 0 unspecified atom stereocenters. The van der Waals surface area contributed by atoms with E-state index in [9.17, 15) is 13.2 Å². The summed E-state index contributed by atoms with van der Waals surface area (Å²) < 4.78 is 25.7. The lowest BCUT2D eigenvalue weighted by Gasteiger charge is -2.10. The van der Waals surface area contributed by atoms with Crippen molar-refractivity contribution in [3.05, 3.63) is 65.2 Å². The largest absolute Gasteiger partial charge is 0.352 e. The van der Waals surface area contributed by atoms with E-state index in [-0.39, 0.29) is 10.8 Å². The Bertz CT molecular complexity index is 845. The molecular weight excluding hydrogens is 362 g/mol. The number of hydrogen-bond donors (Lipinski definition) is 2. The van der Waals surface area contributed by atoms with E-state index in [1.165, 1.54) is 12.6 Å². The van der Waals surface area contributed by atoms with Crippen LogP contribution in [-0.2, 0) is 34.3 Å². The van der Waals surface area contributed by atoms with Crippen LogP contribution in [0.4, 0.5) is 0 Å². The van der Waals surface area contributed by atoms with Gasteiger partial charge in [0, 0.05) is 19.5 Å². The average Bonchev–Trinajstić information content (AvgIpc) is 2.65. The fourth-order valence-corrected chi connectivity index (χ4v) is 3.36. The predicted molar refractivity (Wildman–Crippen MR) is 107 cm³/mol. The molecule has 0 radical (unpaired) electrons. The van der Waals surface area contributed by atoms with Crippen molar-refractivity contribution >= 4 is 15.9 Å². The van der Waals surface area contributed by atoms with Crippen molar-refractivity contribution in [2.24, 2.45) is 0 Å². The van der Waals surface area contributed by atoms with E-state index in [0.29, 0.717) is 19.4 Å². The second-order valence-corrected chi connectivity index (χ2v) is 8.57. The van der Waals surface area contributed by atoms with Crippen molar-refractivity contribution in [1.29, 1.82) is 0 Å². The quantitative estimate of drug-likeness (QED) is 0.687. The molecule has 2 rings (SSSR count). The second kappa shape index (κ2) is 9.64. The summed E-state index contributed by atoms with van der Waals surface area (Å²) >= 11 is 0. The highest BCUT2D eigenvalue weighted by molar-refractivity contribution is 7.89. The fraction of sp³-hybridized carbons (Fsp3) is 0.350. The number of aryl methyl sites for hydroxylation is 1.